The normalized spacial score (nSPS) is 10.1. The lowest BCUT2D eigenvalue weighted by Gasteiger charge is -2.09. The van der Waals surface area contributed by atoms with Gasteiger partial charge in [0.25, 0.3) is 0 Å². The number of nitriles is 1. The summed E-state index contributed by atoms with van der Waals surface area (Å²) in [4.78, 5) is 11.2. The molecule has 1 heterocycles. The van der Waals surface area contributed by atoms with Gasteiger partial charge in [0, 0.05) is 6.20 Å². The van der Waals surface area contributed by atoms with Crippen molar-refractivity contribution in [1.82, 2.24) is 4.57 Å². The average molecular weight is 261 g/mol. The largest absolute Gasteiger partial charge is 0.477 e. The summed E-state index contributed by atoms with van der Waals surface area (Å²) < 4.78 is 1.41. The van der Waals surface area contributed by atoms with E-state index in [1.54, 1.807) is 12.1 Å². The molecule has 18 heavy (non-hydrogen) atoms. The molecule has 4 nitrogen and oxygen atoms in total. The van der Waals surface area contributed by atoms with Crippen LogP contribution >= 0.6 is 11.6 Å². The number of hydrogen-bond donors (Lipinski definition) is 1. The van der Waals surface area contributed by atoms with Crippen LogP contribution in [0.3, 0.4) is 0 Å². The fourth-order valence-corrected chi connectivity index (χ4v) is 1.96. The number of aromatic nitrogens is 1. The van der Waals surface area contributed by atoms with Gasteiger partial charge in [0.15, 0.2) is 0 Å². The summed E-state index contributed by atoms with van der Waals surface area (Å²) in [6, 6.07) is 8.62. The van der Waals surface area contributed by atoms with Crippen molar-refractivity contribution in [2.24, 2.45) is 0 Å². The summed E-state index contributed by atoms with van der Waals surface area (Å²) in [7, 11) is 0. The van der Waals surface area contributed by atoms with Gasteiger partial charge in [0.1, 0.15) is 11.8 Å². The number of hydrogen-bond acceptors (Lipinski definition) is 2. The van der Waals surface area contributed by atoms with Crippen LogP contribution in [-0.4, -0.2) is 15.6 Å². The van der Waals surface area contributed by atoms with E-state index in [0.717, 1.165) is 5.56 Å². The van der Waals surface area contributed by atoms with Crippen LogP contribution in [0.4, 0.5) is 0 Å². The van der Waals surface area contributed by atoms with Crippen molar-refractivity contribution in [3.8, 4) is 11.8 Å². The molecule has 0 radical (unpaired) electrons. The van der Waals surface area contributed by atoms with Gasteiger partial charge in [-0.2, -0.15) is 5.26 Å². The average Bonchev–Trinajstić information content (AvgIpc) is 2.75. The lowest BCUT2D eigenvalue weighted by molar-refractivity contribution is 0.0688. The van der Waals surface area contributed by atoms with Crippen molar-refractivity contribution >= 4 is 17.6 Å². The van der Waals surface area contributed by atoms with E-state index < -0.39 is 5.97 Å². The summed E-state index contributed by atoms with van der Waals surface area (Å²) in [6.45, 7) is 1.88. The number of aromatic carboxylic acids is 1. The molecule has 0 unspecified atom stereocenters. The molecule has 0 spiro atoms. The molecule has 1 aromatic carbocycles. The molecule has 0 aliphatic heterocycles. The third-order valence-corrected chi connectivity index (χ3v) is 2.89. The Hall–Kier alpha value is -2.25. The minimum Gasteiger partial charge on any atom is -0.477 e. The minimum absolute atomic E-state index is 0.0787. The molecule has 0 atom stereocenters. The second-order valence-electron chi connectivity index (χ2n) is 3.82. The summed E-state index contributed by atoms with van der Waals surface area (Å²) in [5.41, 5.74) is 1.54. The topological polar surface area (TPSA) is 66.0 Å². The van der Waals surface area contributed by atoms with Crippen LogP contribution in [0.1, 0.15) is 21.6 Å². The van der Waals surface area contributed by atoms with E-state index >= 15 is 0 Å². The van der Waals surface area contributed by atoms with Gasteiger partial charge >= 0.3 is 5.97 Å². The molecule has 2 rings (SSSR count). The predicted molar refractivity (Wildman–Crippen MR) is 67.2 cm³/mol. The number of carbonyl (C=O) groups is 1. The summed E-state index contributed by atoms with van der Waals surface area (Å²) in [5.74, 6) is -1.16. The second kappa shape index (κ2) is 4.55. The Labute approximate surface area is 109 Å². The molecule has 1 aromatic heterocycles. The highest BCUT2D eigenvalue weighted by molar-refractivity contribution is 6.32. The lowest BCUT2D eigenvalue weighted by Crippen LogP contribution is -2.08. The van der Waals surface area contributed by atoms with E-state index in [4.69, 9.17) is 16.9 Å². The van der Waals surface area contributed by atoms with Gasteiger partial charge in [-0.1, -0.05) is 17.7 Å². The first-order valence-electron chi connectivity index (χ1n) is 5.16. The van der Waals surface area contributed by atoms with Crippen molar-refractivity contribution in [1.29, 1.82) is 5.26 Å². The van der Waals surface area contributed by atoms with Crippen LogP contribution < -0.4 is 0 Å². The number of nitrogens with zero attached hydrogens (tertiary/aromatic N) is 2. The Morgan fingerprint density at radius 1 is 1.44 bits per heavy atom. The summed E-state index contributed by atoms with van der Waals surface area (Å²) in [6.07, 6.45) is 1.53. The number of benzene rings is 1. The number of carboxylic acid groups (broad SMARTS) is 1. The van der Waals surface area contributed by atoms with Crippen LogP contribution in [0, 0.1) is 18.3 Å². The van der Waals surface area contributed by atoms with Crippen LogP contribution in [-0.2, 0) is 0 Å². The molecule has 1 N–H and O–H groups in total. The monoisotopic (exact) mass is 260 g/mol. The van der Waals surface area contributed by atoms with E-state index in [2.05, 4.69) is 0 Å². The minimum atomic E-state index is -1.16. The van der Waals surface area contributed by atoms with Crippen molar-refractivity contribution in [2.45, 2.75) is 6.92 Å². The van der Waals surface area contributed by atoms with E-state index in [-0.39, 0.29) is 11.3 Å². The highest BCUT2D eigenvalue weighted by Gasteiger charge is 2.18. The fraction of sp³-hybridized carbons (Fsp3) is 0.0769. The van der Waals surface area contributed by atoms with Gasteiger partial charge in [0.2, 0.25) is 0 Å². The fourth-order valence-electron chi connectivity index (χ4n) is 1.75. The standard InChI is InChI=1S/C13H9ClN2O2/c1-8-2-3-10(14)11(6-8)16-5-4-9(7-15)12(16)13(17)18/h2-6H,1H3,(H,17,18). The molecule has 0 aliphatic rings. The first-order chi connectivity index (χ1) is 8.54. The van der Waals surface area contributed by atoms with Crippen LogP contribution in [0.25, 0.3) is 5.69 Å². The third-order valence-electron chi connectivity index (χ3n) is 2.57. The summed E-state index contributed by atoms with van der Waals surface area (Å²) in [5, 5.41) is 18.5. The molecule has 5 heteroatoms. The van der Waals surface area contributed by atoms with Crippen LogP contribution in [0.5, 0.6) is 0 Å². The van der Waals surface area contributed by atoms with E-state index in [1.165, 1.54) is 16.8 Å². The van der Waals surface area contributed by atoms with E-state index in [1.807, 2.05) is 19.1 Å². The first-order valence-corrected chi connectivity index (χ1v) is 5.53. The number of halogens is 1. The second-order valence-corrected chi connectivity index (χ2v) is 4.23. The Morgan fingerprint density at radius 2 is 2.17 bits per heavy atom. The molecule has 0 amide bonds. The predicted octanol–water partition coefficient (Wildman–Crippen LogP) is 3.01. The first kappa shape index (κ1) is 12.2. The maximum atomic E-state index is 11.2. The zero-order valence-corrected chi connectivity index (χ0v) is 10.3. The van der Waals surface area contributed by atoms with Crippen molar-refractivity contribution < 1.29 is 9.90 Å². The van der Waals surface area contributed by atoms with Gasteiger partial charge in [-0.25, -0.2) is 4.79 Å². The Morgan fingerprint density at radius 3 is 2.78 bits per heavy atom. The van der Waals surface area contributed by atoms with Crippen LogP contribution in [0.2, 0.25) is 5.02 Å². The van der Waals surface area contributed by atoms with E-state index in [9.17, 15) is 9.90 Å². The molecule has 0 bridgehead atoms. The molecule has 2 aromatic rings. The Balaban J connectivity index is 2.72. The summed E-state index contributed by atoms with van der Waals surface area (Å²) >= 11 is 6.06. The van der Waals surface area contributed by atoms with Gasteiger partial charge in [-0.3, -0.25) is 0 Å². The van der Waals surface area contributed by atoms with Gasteiger partial charge in [-0.15, -0.1) is 0 Å². The maximum Gasteiger partial charge on any atom is 0.354 e. The lowest BCUT2D eigenvalue weighted by atomic mass is 10.2. The molecule has 0 saturated carbocycles. The number of rotatable bonds is 2. The van der Waals surface area contributed by atoms with Crippen molar-refractivity contribution in [3.05, 3.63) is 52.3 Å². The van der Waals surface area contributed by atoms with Gasteiger partial charge < -0.3 is 9.67 Å². The van der Waals surface area contributed by atoms with E-state index in [0.29, 0.717) is 10.7 Å². The van der Waals surface area contributed by atoms with Crippen molar-refractivity contribution in [2.75, 3.05) is 0 Å². The number of aryl methyl sites for hydroxylation is 1. The maximum absolute atomic E-state index is 11.2. The zero-order valence-electron chi connectivity index (χ0n) is 9.51. The quantitative estimate of drug-likeness (QED) is 0.903. The van der Waals surface area contributed by atoms with Gasteiger partial charge in [-0.05, 0) is 30.7 Å². The highest BCUT2D eigenvalue weighted by Crippen LogP contribution is 2.25. The number of carboxylic acids is 1. The SMILES string of the molecule is Cc1ccc(Cl)c(-n2ccc(C#N)c2C(=O)O)c1. The van der Waals surface area contributed by atoms with Crippen LogP contribution in [0.15, 0.2) is 30.5 Å². The Kier molecular flexibility index (Phi) is 3.09. The van der Waals surface area contributed by atoms with Gasteiger partial charge in [0.05, 0.1) is 16.3 Å². The molecule has 90 valence electrons. The Bertz CT molecular complexity index is 668. The third kappa shape index (κ3) is 1.96. The molecule has 0 aliphatic carbocycles. The van der Waals surface area contributed by atoms with Crippen molar-refractivity contribution in [3.63, 3.8) is 0 Å². The zero-order chi connectivity index (χ0) is 13.3. The molecular weight excluding hydrogens is 252 g/mol. The molecule has 0 fully saturated rings. The highest BCUT2D eigenvalue weighted by atomic mass is 35.5. The smallest absolute Gasteiger partial charge is 0.354 e. The molecular formula is C13H9ClN2O2. The molecule has 0 saturated heterocycles.